The molecule has 68 valence electrons. The zero-order chi connectivity index (χ0) is 9.68. The van der Waals surface area contributed by atoms with Crippen molar-refractivity contribution in [1.29, 1.82) is 5.26 Å². The number of hydrogen-bond acceptors (Lipinski definition) is 3. The lowest BCUT2D eigenvalue weighted by Crippen LogP contribution is -1.97. The van der Waals surface area contributed by atoms with Crippen molar-refractivity contribution in [2.75, 3.05) is 6.61 Å². The number of halogens is 1. The lowest BCUT2D eigenvalue weighted by Gasteiger charge is -2.08. The fourth-order valence-electron chi connectivity index (χ4n) is 0.952. The van der Waals surface area contributed by atoms with Crippen molar-refractivity contribution >= 4 is 27.7 Å². The van der Waals surface area contributed by atoms with Crippen LogP contribution in [0.1, 0.15) is 10.8 Å². The van der Waals surface area contributed by atoms with E-state index in [1.54, 1.807) is 0 Å². The third-order valence-corrected chi connectivity index (χ3v) is 2.94. The topological polar surface area (TPSA) is 44.0 Å². The minimum absolute atomic E-state index is 0.0140. The first-order chi connectivity index (χ1) is 6.27. The maximum Gasteiger partial charge on any atom is 0.134 e. The summed E-state index contributed by atoms with van der Waals surface area (Å²) in [6.07, 6.45) is 0. The van der Waals surface area contributed by atoms with Gasteiger partial charge in [-0.3, -0.25) is 0 Å². The van der Waals surface area contributed by atoms with E-state index in [1.807, 2.05) is 29.7 Å². The first kappa shape index (κ1) is 10.6. The molecular formula is C9H8BrNOS. The Labute approximate surface area is 89.7 Å². The molecule has 1 unspecified atom stereocenters. The van der Waals surface area contributed by atoms with Gasteiger partial charge >= 0.3 is 0 Å². The molecule has 1 atom stereocenters. The second kappa shape index (κ2) is 5.28. The van der Waals surface area contributed by atoms with Crippen LogP contribution in [0.3, 0.4) is 0 Å². The molecule has 1 aromatic carbocycles. The van der Waals surface area contributed by atoms with Crippen molar-refractivity contribution in [3.05, 3.63) is 34.3 Å². The number of hydrogen-bond donors (Lipinski definition) is 1. The molecule has 0 spiro atoms. The summed E-state index contributed by atoms with van der Waals surface area (Å²) in [5.41, 5.74) is 0.970. The number of rotatable bonds is 3. The van der Waals surface area contributed by atoms with Crippen LogP contribution in [0.2, 0.25) is 0 Å². The second-order valence-corrected chi connectivity index (χ2v) is 4.33. The van der Waals surface area contributed by atoms with Gasteiger partial charge in [0.05, 0.1) is 11.9 Å². The lowest BCUT2D eigenvalue weighted by atomic mass is 10.2. The quantitative estimate of drug-likeness (QED) is 0.848. The van der Waals surface area contributed by atoms with Gasteiger partial charge in [-0.25, -0.2) is 0 Å². The average Bonchev–Trinajstić information content (AvgIpc) is 2.16. The third kappa shape index (κ3) is 3.03. The second-order valence-electron chi connectivity index (χ2n) is 2.43. The molecule has 0 aromatic heterocycles. The average molecular weight is 258 g/mol. The van der Waals surface area contributed by atoms with Gasteiger partial charge in [0.15, 0.2) is 0 Å². The van der Waals surface area contributed by atoms with Gasteiger partial charge in [0, 0.05) is 4.47 Å². The van der Waals surface area contributed by atoms with Crippen molar-refractivity contribution in [3.8, 4) is 5.40 Å². The molecule has 1 rings (SSSR count). The molecule has 0 fully saturated rings. The van der Waals surface area contributed by atoms with Crippen LogP contribution in [0.5, 0.6) is 0 Å². The summed E-state index contributed by atoms with van der Waals surface area (Å²) in [6.45, 7) is -0.0140. The molecule has 0 heterocycles. The Balaban J connectivity index is 2.80. The maximum atomic E-state index is 9.00. The molecule has 0 saturated heterocycles. The standard InChI is InChI=1S/C9H8BrNOS/c10-8-3-1-7(2-4-8)9(5-12)13-6-11/h1-4,9,12H,5H2. The van der Waals surface area contributed by atoms with Gasteiger partial charge < -0.3 is 5.11 Å². The van der Waals surface area contributed by atoms with Crippen LogP contribution >= 0.6 is 27.7 Å². The minimum atomic E-state index is -0.141. The van der Waals surface area contributed by atoms with Crippen molar-refractivity contribution in [1.82, 2.24) is 0 Å². The zero-order valence-corrected chi connectivity index (χ0v) is 9.18. The summed E-state index contributed by atoms with van der Waals surface area (Å²) in [5, 5.41) is 19.3. The largest absolute Gasteiger partial charge is 0.395 e. The first-order valence-electron chi connectivity index (χ1n) is 3.69. The van der Waals surface area contributed by atoms with E-state index in [2.05, 4.69) is 15.9 Å². The fraction of sp³-hybridized carbons (Fsp3) is 0.222. The Kier molecular flexibility index (Phi) is 4.29. The van der Waals surface area contributed by atoms with Crippen LogP contribution in [0.15, 0.2) is 28.7 Å². The molecule has 2 nitrogen and oxygen atoms in total. The number of benzene rings is 1. The third-order valence-electron chi connectivity index (χ3n) is 1.60. The van der Waals surface area contributed by atoms with Crippen molar-refractivity contribution in [2.45, 2.75) is 5.25 Å². The van der Waals surface area contributed by atoms with E-state index in [4.69, 9.17) is 10.4 Å². The van der Waals surface area contributed by atoms with E-state index < -0.39 is 0 Å². The Bertz CT molecular complexity index is 306. The Morgan fingerprint density at radius 1 is 1.46 bits per heavy atom. The highest BCUT2D eigenvalue weighted by molar-refractivity contribution is 9.10. The number of aliphatic hydroxyl groups is 1. The Hall–Kier alpha value is -0.500. The Morgan fingerprint density at radius 3 is 2.54 bits per heavy atom. The highest BCUT2D eigenvalue weighted by Crippen LogP contribution is 2.27. The highest BCUT2D eigenvalue weighted by Gasteiger charge is 2.09. The van der Waals surface area contributed by atoms with Crippen LogP contribution < -0.4 is 0 Å². The van der Waals surface area contributed by atoms with Gasteiger partial charge in [0.1, 0.15) is 5.40 Å². The van der Waals surface area contributed by atoms with Gasteiger partial charge in [-0.2, -0.15) is 5.26 Å². The zero-order valence-electron chi connectivity index (χ0n) is 6.77. The summed E-state index contributed by atoms with van der Waals surface area (Å²) in [6, 6.07) is 7.59. The van der Waals surface area contributed by atoms with Crippen LogP contribution in [-0.2, 0) is 0 Å². The van der Waals surface area contributed by atoms with Crippen molar-refractivity contribution in [3.63, 3.8) is 0 Å². The van der Waals surface area contributed by atoms with Gasteiger partial charge in [0.2, 0.25) is 0 Å². The van der Waals surface area contributed by atoms with E-state index in [9.17, 15) is 0 Å². The van der Waals surface area contributed by atoms with Crippen LogP contribution in [-0.4, -0.2) is 11.7 Å². The molecule has 0 radical (unpaired) electrons. The summed E-state index contributed by atoms with van der Waals surface area (Å²) >= 11 is 4.40. The maximum absolute atomic E-state index is 9.00. The molecule has 0 bridgehead atoms. The van der Waals surface area contributed by atoms with Crippen LogP contribution in [0.4, 0.5) is 0 Å². The van der Waals surface area contributed by atoms with Crippen LogP contribution in [0.25, 0.3) is 0 Å². The minimum Gasteiger partial charge on any atom is -0.395 e. The summed E-state index contributed by atoms with van der Waals surface area (Å²) in [7, 11) is 0. The molecular weight excluding hydrogens is 250 g/mol. The molecule has 13 heavy (non-hydrogen) atoms. The van der Waals surface area contributed by atoms with E-state index in [1.165, 1.54) is 0 Å². The smallest absolute Gasteiger partial charge is 0.134 e. The predicted molar refractivity (Wildman–Crippen MR) is 57.2 cm³/mol. The number of aliphatic hydroxyl groups excluding tert-OH is 1. The van der Waals surface area contributed by atoms with Crippen molar-refractivity contribution in [2.24, 2.45) is 0 Å². The molecule has 1 N–H and O–H groups in total. The van der Waals surface area contributed by atoms with Gasteiger partial charge in [-0.05, 0) is 29.5 Å². The lowest BCUT2D eigenvalue weighted by molar-refractivity contribution is 0.296. The van der Waals surface area contributed by atoms with E-state index in [0.29, 0.717) is 0 Å². The van der Waals surface area contributed by atoms with Gasteiger partial charge in [-0.1, -0.05) is 28.1 Å². The fourth-order valence-corrected chi connectivity index (χ4v) is 1.71. The van der Waals surface area contributed by atoms with Gasteiger partial charge in [0.25, 0.3) is 0 Å². The van der Waals surface area contributed by atoms with E-state index >= 15 is 0 Å². The summed E-state index contributed by atoms with van der Waals surface area (Å²) < 4.78 is 0.995. The molecule has 0 aliphatic rings. The number of nitriles is 1. The molecule has 0 saturated carbocycles. The molecule has 4 heteroatoms. The SMILES string of the molecule is N#CSC(CO)c1ccc(Br)cc1. The number of nitrogens with zero attached hydrogens (tertiary/aromatic N) is 1. The van der Waals surface area contributed by atoms with E-state index in [-0.39, 0.29) is 11.9 Å². The number of thiocyanates is 1. The summed E-state index contributed by atoms with van der Waals surface area (Å²) in [4.78, 5) is 0. The first-order valence-corrected chi connectivity index (χ1v) is 5.36. The predicted octanol–water partition coefficient (Wildman–Crippen LogP) is 2.70. The van der Waals surface area contributed by atoms with Crippen LogP contribution in [0, 0.1) is 10.7 Å². The van der Waals surface area contributed by atoms with Crippen molar-refractivity contribution < 1.29 is 5.11 Å². The summed E-state index contributed by atoms with van der Waals surface area (Å²) in [5.74, 6) is 0. The molecule has 0 aliphatic carbocycles. The highest BCUT2D eigenvalue weighted by atomic mass is 79.9. The molecule has 1 aromatic rings. The monoisotopic (exact) mass is 257 g/mol. The Morgan fingerprint density at radius 2 is 2.08 bits per heavy atom. The normalized spacial score (nSPS) is 12.1. The molecule has 0 amide bonds. The van der Waals surface area contributed by atoms with Gasteiger partial charge in [-0.15, -0.1) is 0 Å². The molecule has 0 aliphatic heterocycles. The van der Waals surface area contributed by atoms with E-state index in [0.717, 1.165) is 21.8 Å². The number of thioether (sulfide) groups is 1.